The molecule has 0 aromatic heterocycles. The highest BCUT2D eigenvalue weighted by atomic mass is 35.5. The quantitative estimate of drug-likeness (QED) is 0.814. The van der Waals surface area contributed by atoms with Crippen molar-refractivity contribution in [3.05, 3.63) is 34.6 Å². The summed E-state index contributed by atoms with van der Waals surface area (Å²) in [6.45, 7) is 3.39. The van der Waals surface area contributed by atoms with Crippen LogP contribution in [0.3, 0.4) is 0 Å². The number of halogens is 2. The van der Waals surface area contributed by atoms with Crippen molar-refractivity contribution in [1.82, 2.24) is 0 Å². The highest BCUT2D eigenvalue weighted by Crippen LogP contribution is 2.19. The van der Waals surface area contributed by atoms with Crippen molar-refractivity contribution >= 4 is 17.4 Å². The molecular formula is C12H14ClFO2. The molecule has 0 N–H and O–H groups in total. The van der Waals surface area contributed by atoms with E-state index in [1.165, 1.54) is 19.2 Å². The standard InChI is InChI=1S/C12H14ClFO2/c1-12(2,16-3)11(15)7-8-4-5-10(14)9(13)6-8/h4-6H,7H2,1-3H3. The van der Waals surface area contributed by atoms with E-state index in [0.29, 0.717) is 5.56 Å². The Bertz CT molecular complexity index is 402. The van der Waals surface area contributed by atoms with E-state index in [-0.39, 0.29) is 17.2 Å². The number of benzene rings is 1. The van der Waals surface area contributed by atoms with E-state index >= 15 is 0 Å². The molecule has 1 aromatic rings. The van der Waals surface area contributed by atoms with Crippen LogP contribution in [0.2, 0.25) is 5.02 Å². The second kappa shape index (κ2) is 4.93. The fourth-order valence-corrected chi connectivity index (χ4v) is 1.36. The first kappa shape index (κ1) is 13.1. The van der Waals surface area contributed by atoms with Crippen molar-refractivity contribution in [2.45, 2.75) is 25.9 Å². The molecule has 0 fully saturated rings. The Morgan fingerprint density at radius 3 is 2.62 bits per heavy atom. The lowest BCUT2D eigenvalue weighted by molar-refractivity contribution is -0.136. The van der Waals surface area contributed by atoms with E-state index in [9.17, 15) is 9.18 Å². The maximum Gasteiger partial charge on any atom is 0.168 e. The zero-order chi connectivity index (χ0) is 12.3. The molecule has 0 bridgehead atoms. The zero-order valence-corrected chi connectivity index (χ0v) is 10.3. The number of Topliss-reactive ketones (excluding diaryl/α,β-unsaturated/α-hetero) is 1. The molecule has 0 amide bonds. The van der Waals surface area contributed by atoms with E-state index < -0.39 is 11.4 Å². The molecule has 0 heterocycles. The van der Waals surface area contributed by atoms with Crippen molar-refractivity contribution in [2.24, 2.45) is 0 Å². The Morgan fingerprint density at radius 1 is 1.50 bits per heavy atom. The summed E-state index contributed by atoms with van der Waals surface area (Å²) in [5.74, 6) is -0.554. The molecule has 16 heavy (non-hydrogen) atoms. The predicted molar refractivity (Wildman–Crippen MR) is 61.2 cm³/mol. The van der Waals surface area contributed by atoms with Gasteiger partial charge in [0.25, 0.3) is 0 Å². The zero-order valence-electron chi connectivity index (χ0n) is 9.51. The van der Waals surface area contributed by atoms with Gasteiger partial charge in [-0.1, -0.05) is 17.7 Å². The Morgan fingerprint density at radius 2 is 2.12 bits per heavy atom. The van der Waals surface area contributed by atoms with Crippen LogP contribution in [0.25, 0.3) is 0 Å². The summed E-state index contributed by atoms with van der Waals surface area (Å²) >= 11 is 5.63. The average molecular weight is 245 g/mol. The number of carbonyl (C=O) groups excluding carboxylic acids is 1. The molecule has 0 radical (unpaired) electrons. The maximum absolute atomic E-state index is 12.9. The summed E-state index contributed by atoms with van der Waals surface area (Å²) in [4.78, 5) is 11.8. The highest BCUT2D eigenvalue weighted by Gasteiger charge is 2.26. The molecular weight excluding hydrogens is 231 g/mol. The van der Waals surface area contributed by atoms with E-state index in [1.54, 1.807) is 19.9 Å². The number of rotatable bonds is 4. The minimum atomic E-state index is -0.832. The fourth-order valence-electron chi connectivity index (χ4n) is 1.16. The Kier molecular flexibility index (Phi) is 4.05. The second-order valence-corrected chi connectivity index (χ2v) is 4.47. The third-order valence-corrected chi connectivity index (χ3v) is 2.82. The van der Waals surface area contributed by atoms with Gasteiger partial charge in [-0.2, -0.15) is 0 Å². The van der Waals surface area contributed by atoms with Crippen LogP contribution in [0.4, 0.5) is 4.39 Å². The minimum absolute atomic E-state index is 0.0283. The average Bonchev–Trinajstić information content (AvgIpc) is 2.23. The summed E-state index contributed by atoms with van der Waals surface area (Å²) < 4.78 is 18.0. The van der Waals surface area contributed by atoms with Gasteiger partial charge in [0.2, 0.25) is 0 Å². The number of methoxy groups -OCH3 is 1. The van der Waals surface area contributed by atoms with Crippen LogP contribution in [0.15, 0.2) is 18.2 Å². The minimum Gasteiger partial charge on any atom is -0.371 e. The first-order chi connectivity index (χ1) is 7.36. The van der Waals surface area contributed by atoms with Gasteiger partial charge in [-0.05, 0) is 31.5 Å². The number of carbonyl (C=O) groups is 1. The number of ketones is 1. The van der Waals surface area contributed by atoms with E-state index in [2.05, 4.69) is 0 Å². The van der Waals surface area contributed by atoms with Gasteiger partial charge in [-0.15, -0.1) is 0 Å². The number of hydrogen-bond donors (Lipinski definition) is 0. The van der Waals surface area contributed by atoms with Crippen molar-refractivity contribution in [3.63, 3.8) is 0 Å². The first-order valence-corrected chi connectivity index (χ1v) is 5.27. The van der Waals surface area contributed by atoms with Gasteiger partial charge >= 0.3 is 0 Å². The van der Waals surface area contributed by atoms with Gasteiger partial charge in [-0.3, -0.25) is 4.79 Å². The largest absolute Gasteiger partial charge is 0.371 e. The lowest BCUT2D eigenvalue weighted by Crippen LogP contribution is -2.35. The molecule has 1 aromatic carbocycles. The van der Waals surface area contributed by atoms with Crippen LogP contribution in [0.1, 0.15) is 19.4 Å². The van der Waals surface area contributed by atoms with Crippen molar-refractivity contribution in [1.29, 1.82) is 0 Å². The Balaban J connectivity index is 2.82. The van der Waals surface area contributed by atoms with Crippen LogP contribution in [-0.4, -0.2) is 18.5 Å². The normalized spacial score (nSPS) is 11.6. The van der Waals surface area contributed by atoms with Crippen molar-refractivity contribution in [3.8, 4) is 0 Å². The van der Waals surface area contributed by atoms with Crippen LogP contribution in [0.5, 0.6) is 0 Å². The Hall–Kier alpha value is -0.930. The number of ether oxygens (including phenoxy) is 1. The van der Waals surface area contributed by atoms with Gasteiger partial charge in [-0.25, -0.2) is 4.39 Å². The summed E-state index contributed by atoms with van der Waals surface area (Å²) in [5.41, 5.74) is -0.151. The monoisotopic (exact) mass is 244 g/mol. The molecule has 0 unspecified atom stereocenters. The van der Waals surface area contributed by atoms with Gasteiger partial charge in [0, 0.05) is 13.5 Å². The van der Waals surface area contributed by atoms with Crippen LogP contribution >= 0.6 is 11.6 Å². The molecule has 4 heteroatoms. The summed E-state index contributed by atoms with van der Waals surface area (Å²) in [6, 6.07) is 4.26. The van der Waals surface area contributed by atoms with Crippen LogP contribution < -0.4 is 0 Å². The molecule has 0 aliphatic heterocycles. The van der Waals surface area contributed by atoms with E-state index in [1.807, 2.05) is 0 Å². The lowest BCUT2D eigenvalue weighted by atomic mass is 9.97. The molecule has 0 spiro atoms. The lowest BCUT2D eigenvalue weighted by Gasteiger charge is -2.21. The highest BCUT2D eigenvalue weighted by molar-refractivity contribution is 6.30. The van der Waals surface area contributed by atoms with Gasteiger partial charge in [0.15, 0.2) is 5.78 Å². The topological polar surface area (TPSA) is 26.3 Å². The van der Waals surface area contributed by atoms with Gasteiger partial charge < -0.3 is 4.74 Å². The van der Waals surface area contributed by atoms with Crippen molar-refractivity contribution in [2.75, 3.05) is 7.11 Å². The first-order valence-electron chi connectivity index (χ1n) is 4.89. The summed E-state index contributed by atoms with van der Waals surface area (Å²) in [7, 11) is 1.48. The van der Waals surface area contributed by atoms with E-state index in [0.717, 1.165) is 0 Å². The third-order valence-electron chi connectivity index (χ3n) is 2.53. The SMILES string of the molecule is COC(C)(C)C(=O)Cc1ccc(F)c(Cl)c1. The summed E-state index contributed by atoms with van der Waals surface area (Å²) in [5, 5.41) is 0.0283. The molecule has 88 valence electrons. The van der Waals surface area contributed by atoms with Gasteiger partial charge in [0.05, 0.1) is 5.02 Å². The van der Waals surface area contributed by atoms with Crippen molar-refractivity contribution < 1.29 is 13.9 Å². The third kappa shape index (κ3) is 3.03. The molecule has 0 saturated heterocycles. The molecule has 2 nitrogen and oxygen atoms in total. The smallest absolute Gasteiger partial charge is 0.168 e. The number of hydrogen-bond acceptors (Lipinski definition) is 2. The molecule has 0 atom stereocenters. The molecule has 0 aliphatic rings. The molecule has 0 saturated carbocycles. The second-order valence-electron chi connectivity index (χ2n) is 4.06. The maximum atomic E-state index is 12.9. The molecule has 0 aliphatic carbocycles. The Labute approximate surface area is 99.4 Å². The van der Waals surface area contributed by atoms with Crippen LogP contribution in [-0.2, 0) is 16.0 Å². The van der Waals surface area contributed by atoms with Crippen LogP contribution in [0, 0.1) is 5.82 Å². The van der Waals surface area contributed by atoms with Gasteiger partial charge in [0.1, 0.15) is 11.4 Å². The van der Waals surface area contributed by atoms with E-state index in [4.69, 9.17) is 16.3 Å². The fraction of sp³-hybridized carbons (Fsp3) is 0.417. The predicted octanol–water partition coefficient (Wildman–Crippen LogP) is 3.02. The molecule has 1 rings (SSSR count). The summed E-state index contributed by atoms with van der Waals surface area (Å²) in [6.07, 6.45) is 0.181.